The number of rotatable bonds is 2. The molecule has 98 valence electrons. The quantitative estimate of drug-likeness (QED) is 0.828. The van der Waals surface area contributed by atoms with Crippen LogP contribution in [0.4, 0.5) is 15.8 Å². The minimum absolute atomic E-state index is 0.0000231. The maximum Gasteiger partial charge on any atom is 0.256 e. The number of carbonyl (C=O) groups excluding carboxylic acids is 1. The predicted octanol–water partition coefficient (Wildman–Crippen LogP) is 3.73. The topological polar surface area (TPSA) is 55.1 Å². The molecular formula is C14H12BrFN2O. The average Bonchev–Trinajstić information content (AvgIpc) is 2.33. The number of aryl methyl sites for hydroxylation is 1. The van der Waals surface area contributed by atoms with Gasteiger partial charge in [0, 0.05) is 4.47 Å². The van der Waals surface area contributed by atoms with E-state index >= 15 is 0 Å². The molecule has 3 N–H and O–H groups in total. The number of benzene rings is 2. The fourth-order valence-corrected chi connectivity index (χ4v) is 2.33. The summed E-state index contributed by atoms with van der Waals surface area (Å²) in [5, 5.41) is 2.49. The molecule has 2 aromatic carbocycles. The third-order valence-electron chi connectivity index (χ3n) is 2.65. The van der Waals surface area contributed by atoms with E-state index in [1.807, 2.05) is 19.1 Å². The Morgan fingerprint density at radius 2 is 2.05 bits per heavy atom. The Balaban J connectivity index is 2.31. The summed E-state index contributed by atoms with van der Waals surface area (Å²) in [7, 11) is 0. The fraction of sp³-hybridized carbons (Fsp3) is 0.0714. The molecule has 0 spiro atoms. The number of halogens is 2. The maximum atomic E-state index is 13.6. The molecule has 0 unspecified atom stereocenters. The number of hydrogen-bond acceptors (Lipinski definition) is 2. The Labute approximate surface area is 118 Å². The second kappa shape index (κ2) is 5.40. The number of anilines is 2. The Morgan fingerprint density at radius 3 is 2.68 bits per heavy atom. The van der Waals surface area contributed by atoms with Crippen molar-refractivity contribution in [3.63, 3.8) is 0 Å². The minimum atomic E-state index is -0.559. The zero-order valence-corrected chi connectivity index (χ0v) is 11.8. The van der Waals surface area contributed by atoms with Crippen LogP contribution in [0.1, 0.15) is 15.9 Å². The van der Waals surface area contributed by atoms with Crippen molar-refractivity contribution in [2.75, 3.05) is 11.1 Å². The first kappa shape index (κ1) is 13.5. The molecule has 2 rings (SSSR count). The van der Waals surface area contributed by atoms with Gasteiger partial charge in [0.2, 0.25) is 0 Å². The highest BCUT2D eigenvalue weighted by atomic mass is 79.9. The highest BCUT2D eigenvalue weighted by Crippen LogP contribution is 2.24. The summed E-state index contributed by atoms with van der Waals surface area (Å²) in [6.45, 7) is 1.92. The van der Waals surface area contributed by atoms with E-state index in [9.17, 15) is 9.18 Å². The minimum Gasteiger partial charge on any atom is -0.397 e. The van der Waals surface area contributed by atoms with Crippen LogP contribution in [-0.4, -0.2) is 5.91 Å². The van der Waals surface area contributed by atoms with Crippen molar-refractivity contribution < 1.29 is 9.18 Å². The van der Waals surface area contributed by atoms with Crippen molar-refractivity contribution >= 4 is 33.2 Å². The van der Waals surface area contributed by atoms with E-state index in [2.05, 4.69) is 21.2 Å². The van der Waals surface area contributed by atoms with Gasteiger partial charge >= 0.3 is 0 Å². The molecule has 0 aliphatic heterocycles. The third kappa shape index (κ3) is 2.93. The Hall–Kier alpha value is -1.88. The molecule has 0 fully saturated rings. The zero-order chi connectivity index (χ0) is 14.0. The van der Waals surface area contributed by atoms with Crippen LogP contribution in [0.2, 0.25) is 0 Å². The molecule has 2 aromatic rings. The van der Waals surface area contributed by atoms with Gasteiger partial charge in [-0.05, 0) is 52.7 Å². The van der Waals surface area contributed by atoms with E-state index < -0.39 is 11.7 Å². The van der Waals surface area contributed by atoms with E-state index in [1.165, 1.54) is 18.2 Å². The molecule has 19 heavy (non-hydrogen) atoms. The van der Waals surface area contributed by atoms with Gasteiger partial charge in [0.15, 0.2) is 0 Å². The molecule has 0 radical (unpaired) electrons. The van der Waals surface area contributed by atoms with Crippen LogP contribution < -0.4 is 11.1 Å². The number of nitrogens with one attached hydrogen (secondary N) is 1. The van der Waals surface area contributed by atoms with Gasteiger partial charge in [0.1, 0.15) is 11.5 Å². The molecule has 0 aromatic heterocycles. The highest BCUT2D eigenvalue weighted by molar-refractivity contribution is 9.10. The molecule has 0 heterocycles. The first-order chi connectivity index (χ1) is 8.99. The standard InChI is InChI=1S/C14H12BrFN2O/c1-8-5-6-9(10(15)7-8)14(19)18-13-11(16)3-2-4-12(13)17/h2-7H,17H2,1H3,(H,18,19). The normalized spacial score (nSPS) is 10.3. The van der Waals surface area contributed by atoms with Gasteiger partial charge in [-0.2, -0.15) is 0 Å². The molecule has 1 amide bonds. The smallest absolute Gasteiger partial charge is 0.256 e. The number of para-hydroxylation sites is 1. The van der Waals surface area contributed by atoms with Crippen LogP contribution in [0.5, 0.6) is 0 Å². The highest BCUT2D eigenvalue weighted by Gasteiger charge is 2.14. The monoisotopic (exact) mass is 322 g/mol. The van der Waals surface area contributed by atoms with E-state index in [-0.39, 0.29) is 11.4 Å². The lowest BCUT2D eigenvalue weighted by atomic mass is 10.1. The SMILES string of the molecule is Cc1ccc(C(=O)Nc2c(N)cccc2F)c(Br)c1. The summed E-state index contributed by atoms with van der Waals surface area (Å²) in [6.07, 6.45) is 0. The van der Waals surface area contributed by atoms with Gasteiger partial charge in [-0.1, -0.05) is 12.1 Å². The maximum absolute atomic E-state index is 13.6. The molecule has 0 bridgehead atoms. The number of hydrogen-bond donors (Lipinski definition) is 2. The van der Waals surface area contributed by atoms with Gasteiger partial charge in [-0.15, -0.1) is 0 Å². The summed E-state index contributed by atoms with van der Waals surface area (Å²) in [5.74, 6) is -0.972. The zero-order valence-electron chi connectivity index (χ0n) is 10.2. The van der Waals surface area contributed by atoms with Gasteiger partial charge in [0.25, 0.3) is 5.91 Å². The van der Waals surface area contributed by atoms with Crippen LogP contribution in [-0.2, 0) is 0 Å². The summed E-state index contributed by atoms with van der Waals surface area (Å²) in [6, 6.07) is 9.57. The number of carbonyl (C=O) groups is 1. The first-order valence-electron chi connectivity index (χ1n) is 5.60. The lowest BCUT2D eigenvalue weighted by molar-refractivity contribution is 0.102. The predicted molar refractivity (Wildman–Crippen MR) is 77.6 cm³/mol. The third-order valence-corrected chi connectivity index (χ3v) is 3.31. The van der Waals surface area contributed by atoms with Crippen LogP contribution in [0.3, 0.4) is 0 Å². The Kier molecular flexibility index (Phi) is 3.85. The average molecular weight is 323 g/mol. The summed E-state index contributed by atoms with van der Waals surface area (Å²) in [4.78, 5) is 12.1. The van der Waals surface area contributed by atoms with Gasteiger partial charge in [-0.25, -0.2) is 4.39 Å². The van der Waals surface area contributed by atoms with E-state index in [4.69, 9.17) is 5.73 Å². The van der Waals surface area contributed by atoms with Crippen LogP contribution in [0.15, 0.2) is 40.9 Å². The molecular weight excluding hydrogens is 311 g/mol. The van der Waals surface area contributed by atoms with Crippen LogP contribution >= 0.6 is 15.9 Å². The van der Waals surface area contributed by atoms with Gasteiger partial charge in [-0.3, -0.25) is 4.79 Å². The molecule has 0 atom stereocenters. The molecule has 0 aliphatic rings. The number of nitrogens with two attached hydrogens (primary N) is 1. The van der Waals surface area contributed by atoms with E-state index in [1.54, 1.807) is 6.07 Å². The fourth-order valence-electron chi connectivity index (χ4n) is 1.66. The second-order valence-electron chi connectivity index (χ2n) is 4.14. The number of nitrogen functional groups attached to an aromatic ring is 1. The summed E-state index contributed by atoms with van der Waals surface area (Å²) in [5.41, 5.74) is 7.28. The number of amides is 1. The molecule has 0 saturated heterocycles. The molecule has 0 aliphatic carbocycles. The van der Waals surface area contributed by atoms with Crippen molar-refractivity contribution in [3.05, 3.63) is 57.8 Å². The Morgan fingerprint density at radius 1 is 1.32 bits per heavy atom. The van der Waals surface area contributed by atoms with E-state index in [0.29, 0.717) is 10.0 Å². The van der Waals surface area contributed by atoms with Crippen molar-refractivity contribution in [1.29, 1.82) is 0 Å². The van der Waals surface area contributed by atoms with Crippen molar-refractivity contribution in [1.82, 2.24) is 0 Å². The largest absolute Gasteiger partial charge is 0.397 e. The summed E-state index contributed by atoms with van der Waals surface area (Å²) < 4.78 is 14.2. The van der Waals surface area contributed by atoms with Gasteiger partial charge < -0.3 is 11.1 Å². The second-order valence-corrected chi connectivity index (χ2v) is 5.00. The van der Waals surface area contributed by atoms with Crippen molar-refractivity contribution in [2.24, 2.45) is 0 Å². The van der Waals surface area contributed by atoms with Crippen molar-refractivity contribution in [2.45, 2.75) is 6.92 Å². The lowest BCUT2D eigenvalue weighted by Gasteiger charge is -2.10. The van der Waals surface area contributed by atoms with Crippen LogP contribution in [0.25, 0.3) is 0 Å². The molecule has 5 heteroatoms. The molecule has 3 nitrogen and oxygen atoms in total. The Bertz CT molecular complexity index is 623. The first-order valence-corrected chi connectivity index (χ1v) is 6.40. The van der Waals surface area contributed by atoms with Crippen LogP contribution in [0, 0.1) is 12.7 Å². The molecule has 0 saturated carbocycles. The van der Waals surface area contributed by atoms with Gasteiger partial charge in [0.05, 0.1) is 11.3 Å². The lowest BCUT2D eigenvalue weighted by Crippen LogP contribution is -2.15. The van der Waals surface area contributed by atoms with E-state index in [0.717, 1.165) is 5.56 Å². The van der Waals surface area contributed by atoms with Crippen molar-refractivity contribution in [3.8, 4) is 0 Å². The summed E-state index contributed by atoms with van der Waals surface area (Å²) >= 11 is 3.31.